The summed E-state index contributed by atoms with van der Waals surface area (Å²) >= 11 is 0. The van der Waals surface area contributed by atoms with Crippen molar-refractivity contribution in [3.63, 3.8) is 0 Å². The van der Waals surface area contributed by atoms with Crippen LogP contribution in [0.2, 0.25) is 0 Å². The number of hydrogen-bond donors (Lipinski definition) is 3. The van der Waals surface area contributed by atoms with E-state index in [-0.39, 0.29) is 0 Å². The predicted molar refractivity (Wildman–Crippen MR) is 70.9 cm³/mol. The fraction of sp³-hybridized carbons (Fsp3) is 0.833. The van der Waals surface area contributed by atoms with Crippen molar-refractivity contribution in [1.82, 2.24) is 5.43 Å². The van der Waals surface area contributed by atoms with Gasteiger partial charge in [0.15, 0.2) is 0 Å². The van der Waals surface area contributed by atoms with Crippen LogP contribution in [0.4, 0.5) is 0 Å². The van der Waals surface area contributed by atoms with E-state index in [0.717, 1.165) is 11.8 Å². The molecule has 0 amide bonds. The number of nitrogens with two attached hydrogens (primary N) is 2. The molecule has 94 valence electrons. The van der Waals surface area contributed by atoms with E-state index in [1.165, 1.54) is 12.6 Å². The zero-order valence-corrected chi connectivity index (χ0v) is 11.6. The Labute approximate surface area is 96.3 Å². The van der Waals surface area contributed by atoms with Crippen molar-refractivity contribution in [3.8, 4) is 0 Å². The molecule has 0 aliphatic carbocycles. The third kappa shape index (κ3) is 42.8. The Morgan fingerprint density at radius 1 is 1.13 bits per heavy atom. The minimum Gasteiger partial charge on any atom is -0.401 e. The summed E-state index contributed by atoms with van der Waals surface area (Å²) in [4.78, 5) is 0. The van der Waals surface area contributed by atoms with Crippen molar-refractivity contribution >= 4 is 0 Å². The van der Waals surface area contributed by atoms with Gasteiger partial charge in [-0.3, -0.25) is 5.84 Å². The van der Waals surface area contributed by atoms with E-state index in [4.69, 9.17) is 11.6 Å². The van der Waals surface area contributed by atoms with Gasteiger partial charge in [0.25, 0.3) is 0 Å². The maximum Gasteiger partial charge on any atom is 0.0307 e. The molecule has 0 fully saturated rings. The van der Waals surface area contributed by atoms with Crippen molar-refractivity contribution in [2.45, 2.75) is 54.9 Å². The number of hydrogen-bond acceptors (Lipinski definition) is 3. The van der Waals surface area contributed by atoms with Crippen LogP contribution in [-0.2, 0) is 0 Å². The Balaban J connectivity index is -0.000000166. The van der Waals surface area contributed by atoms with Crippen molar-refractivity contribution in [1.29, 1.82) is 0 Å². The van der Waals surface area contributed by atoms with E-state index >= 15 is 0 Å². The summed E-state index contributed by atoms with van der Waals surface area (Å²) in [7, 11) is 0. The summed E-state index contributed by atoms with van der Waals surface area (Å²) in [5, 5.41) is 0. The first kappa shape index (κ1) is 19.8. The van der Waals surface area contributed by atoms with Gasteiger partial charge in [-0.2, -0.15) is 0 Å². The lowest BCUT2D eigenvalue weighted by Gasteiger charge is -2.05. The van der Waals surface area contributed by atoms with Crippen LogP contribution in [0.15, 0.2) is 11.9 Å². The summed E-state index contributed by atoms with van der Waals surface area (Å²) in [5.41, 5.74) is 8.08. The summed E-state index contributed by atoms with van der Waals surface area (Å²) in [6.07, 6.45) is 2.88. The van der Waals surface area contributed by atoms with Gasteiger partial charge in [-0.15, -0.1) is 0 Å². The van der Waals surface area contributed by atoms with Gasteiger partial charge in [-0.25, -0.2) is 0 Å². The van der Waals surface area contributed by atoms with E-state index in [9.17, 15) is 0 Å². The molecule has 0 unspecified atom stereocenters. The Morgan fingerprint density at radius 3 is 1.47 bits per heavy atom. The topological polar surface area (TPSA) is 64.1 Å². The average molecular weight is 217 g/mol. The Bertz CT molecular complexity index is 119. The van der Waals surface area contributed by atoms with Gasteiger partial charge in [0.1, 0.15) is 0 Å². The van der Waals surface area contributed by atoms with Gasteiger partial charge in [0.2, 0.25) is 0 Å². The third-order valence-corrected chi connectivity index (χ3v) is 1.25. The largest absolute Gasteiger partial charge is 0.401 e. The van der Waals surface area contributed by atoms with E-state index < -0.39 is 0 Å². The molecule has 5 N–H and O–H groups in total. The minimum atomic E-state index is 0.678. The first-order valence-corrected chi connectivity index (χ1v) is 5.78. The lowest BCUT2D eigenvalue weighted by molar-refractivity contribution is 0.469. The van der Waals surface area contributed by atoms with Crippen LogP contribution in [0, 0.1) is 11.8 Å². The molecule has 0 bridgehead atoms. The number of allylic oxidation sites excluding steroid dienone is 1. The molecule has 0 aliphatic heterocycles. The van der Waals surface area contributed by atoms with Gasteiger partial charge >= 0.3 is 0 Å². The van der Waals surface area contributed by atoms with Crippen molar-refractivity contribution in [3.05, 3.63) is 11.9 Å². The summed E-state index contributed by atoms with van der Waals surface area (Å²) in [6.45, 7) is 14.8. The highest BCUT2D eigenvalue weighted by molar-refractivity contribution is 4.87. The number of rotatable bonds is 3. The Kier molecular flexibility index (Phi) is 20.8. The molecule has 0 radical (unpaired) electrons. The lowest BCUT2D eigenvalue weighted by Crippen LogP contribution is -2.15. The maximum atomic E-state index is 5.12. The van der Waals surface area contributed by atoms with Gasteiger partial charge in [0.05, 0.1) is 0 Å². The first-order chi connectivity index (χ1) is 6.90. The van der Waals surface area contributed by atoms with Crippen LogP contribution in [0.1, 0.15) is 54.9 Å². The maximum absolute atomic E-state index is 5.12. The molecule has 0 spiro atoms. The zero-order chi connectivity index (χ0) is 12.9. The molecule has 0 aromatic carbocycles. The van der Waals surface area contributed by atoms with Gasteiger partial charge in [0, 0.05) is 11.9 Å². The number of nitrogens with one attached hydrogen (secondary N) is 1. The molecular weight excluding hydrogens is 186 g/mol. The van der Waals surface area contributed by atoms with E-state index in [1.807, 2.05) is 13.8 Å². The van der Waals surface area contributed by atoms with E-state index in [2.05, 4.69) is 33.1 Å². The third-order valence-electron chi connectivity index (χ3n) is 1.25. The summed E-state index contributed by atoms with van der Waals surface area (Å²) in [5.74, 6) is 6.57. The highest BCUT2D eigenvalue weighted by atomic mass is 15.2. The molecule has 3 heteroatoms. The Hall–Kier alpha value is -0.700. The smallest absolute Gasteiger partial charge is 0.0307 e. The van der Waals surface area contributed by atoms with E-state index in [0.29, 0.717) is 5.70 Å². The molecule has 0 rings (SSSR count). The average Bonchev–Trinajstić information content (AvgIpc) is 2.05. The zero-order valence-electron chi connectivity index (χ0n) is 11.6. The molecule has 15 heavy (non-hydrogen) atoms. The summed E-state index contributed by atoms with van der Waals surface area (Å²) < 4.78 is 0. The van der Waals surface area contributed by atoms with Crippen LogP contribution >= 0.6 is 0 Å². The van der Waals surface area contributed by atoms with Gasteiger partial charge in [-0.1, -0.05) is 41.5 Å². The highest BCUT2D eigenvalue weighted by Crippen LogP contribution is 2.08. The van der Waals surface area contributed by atoms with Crippen LogP contribution in [-0.4, -0.2) is 0 Å². The fourth-order valence-electron chi connectivity index (χ4n) is 1.07. The Morgan fingerprint density at radius 2 is 1.47 bits per heavy atom. The molecule has 0 saturated carbocycles. The normalized spacial score (nSPS) is 10.1. The predicted octanol–water partition coefficient (Wildman–Crippen LogP) is 2.98. The molecule has 0 aliphatic rings. The SMILES string of the molecule is C/C(N)=C/NN.CC.CC(C)CC(C)C. The molecule has 0 saturated heterocycles. The van der Waals surface area contributed by atoms with Gasteiger partial charge < -0.3 is 11.2 Å². The molecular formula is C12H31N3. The van der Waals surface area contributed by atoms with Crippen molar-refractivity contribution in [2.24, 2.45) is 23.4 Å². The van der Waals surface area contributed by atoms with Crippen LogP contribution in [0.3, 0.4) is 0 Å². The van der Waals surface area contributed by atoms with Crippen molar-refractivity contribution < 1.29 is 0 Å². The lowest BCUT2D eigenvalue weighted by atomic mass is 10.0. The highest BCUT2D eigenvalue weighted by Gasteiger charge is 1.95. The first-order valence-electron chi connectivity index (χ1n) is 5.78. The minimum absolute atomic E-state index is 0.678. The van der Waals surface area contributed by atoms with E-state index in [1.54, 1.807) is 6.92 Å². The van der Waals surface area contributed by atoms with Crippen molar-refractivity contribution in [2.75, 3.05) is 0 Å². The second-order valence-electron chi connectivity index (χ2n) is 4.08. The summed E-state index contributed by atoms with van der Waals surface area (Å²) in [6, 6.07) is 0. The second kappa shape index (κ2) is 15.8. The monoisotopic (exact) mass is 217 g/mol. The molecule has 0 aromatic rings. The second-order valence-corrected chi connectivity index (χ2v) is 4.08. The quantitative estimate of drug-likeness (QED) is 0.503. The molecule has 0 aromatic heterocycles. The molecule has 0 heterocycles. The molecule has 3 nitrogen and oxygen atoms in total. The number of hydrazine groups is 1. The van der Waals surface area contributed by atoms with Crippen LogP contribution in [0.25, 0.3) is 0 Å². The fourth-order valence-corrected chi connectivity index (χ4v) is 1.07. The van der Waals surface area contributed by atoms with Gasteiger partial charge in [-0.05, 0) is 25.2 Å². The van der Waals surface area contributed by atoms with Crippen LogP contribution in [0.5, 0.6) is 0 Å². The molecule has 0 atom stereocenters. The standard InChI is InChI=1S/C7H16.C3H9N3.C2H6/c1-6(2)5-7(3)4;1-3(4)2-6-5;1-2/h6-7H,5H2,1-4H3;2,6H,4-5H2,1H3;1-2H3/b;3-2-;. The van der Waals surface area contributed by atoms with Crippen LogP contribution < -0.4 is 17.0 Å².